The zero-order valence-corrected chi connectivity index (χ0v) is 16.0. The van der Waals surface area contributed by atoms with Gasteiger partial charge in [-0.15, -0.1) is 0 Å². The van der Waals surface area contributed by atoms with Gasteiger partial charge in [-0.3, -0.25) is 9.59 Å². The Labute approximate surface area is 155 Å². The highest BCUT2D eigenvalue weighted by Gasteiger charge is 2.38. The highest BCUT2D eigenvalue weighted by molar-refractivity contribution is 6.04. The minimum Gasteiger partial charge on any atom is -0.450 e. The largest absolute Gasteiger partial charge is 0.450 e. The molecule has 2 fully saturated rings. The van der Waals surface area contributed by atoms with Crippen molar-refractivity contribution < 1.29 is 23.9 Å². The molecule has 0 aromatic heterocycles. The summed E-state index contributed by atoms with van der Waals surface area (Å²) in [4.78, 5) is 38.4. The molecule has 2 aliphatic rings. The van der Waals surface area contributed by atoms with Crippen LogP contribution in [0.15, 0.2) is 0 Å². The summed E-state index contributed by atoms with van der Waals surface area (Å²) in [5.41, 5.74) is -1.16. The molecule has 0 aliphatic carbocycles. The predicted molar refractivity (Wildman–Crippen MR) is 95.5 cm³/mol. The van der Waals surface area contributed by atoms with Crippen LogP contribution in [0.25, 0.3) is 0 Å². The Bertz CT molecular complexity index is 509. The van der Waals surface area contributed by atoms with Crippen LogP contribution in [0, 0.1) is 5.41 Å². The summed E-state index contributed by atoms with van der Waals surface area (Å²) in [6, 6.07) is -0.0431. The molecule has 2 aliphatic heterocycles. The number of rotatable bonds is 6. The van der Waals surface area contributed by atoms with Crippen LogP contribution in [0.1, 0.15) is 46.5 Å². The molecule has 2 rings (SSSR count). The summed E-state index contributed by atoms with van der Waals surface area (Å²) in [5, 5.41) is 5.77. The molecule has 1 unspecified atom stereocenters. The van der Waals surface area contributed by atoms with Gasteiger partial charge in [-0.1, -0.05) is 0 Å². The van der Waals surface area contributed by atoms with E-state index in [2.05, 4.69) is 10.6 Å². The summed E-state index contributed by atoms with van der Waals surface area (Å²) >= 11 is 0. The summed E-state index contributed by atoms with van der Waals surface area (Å²) in [6.45, 7) is 7.62. The van der Waals surface area contributed by atoms with Crippen molar-refractivity contribution in [3.63, 3.8) is 0 Å². The average molecular weight is 369 g/mol. The minimum absolute atomic E-state index is 0.0431. The van der Waals surface area contributed by atoms with Crippen LogP contribution in [0.2, 0.25) is 0 Å². The van der Waals surface area contributed by atoms with Gasteiger partial charge >= 0.3 is 6.09 Å². The molecule has 3 amide bonds. The van der Waals surface area contributed by atoms with Crippen LogP contribution in [0.5, 0.6) is 0 Å². The van der Waals surface area contributed by atoms with Crippen LogP contribution < -0.4 is 10.6 Å². The van der Waals surface area contributed by atoms with E-state index in [0.29, 0.717) is 39.1 Å². The fourth-order valence-corrected chi connectivity index (χ4v) is 3.12. The van der Waals surface area contributed by atoms with Crippen molar-refractivity contribution in [2.75, 3.05) is 32.8 Å². The van der Waals surface area contributed by atoms with E-state index >= 15 is 0 Å². The number of nitrogens with one attached hydrogen (secondary N) is 2. The molecule has 0 radical (unpaired) electrons. The molecule has 148 valence electrons. The molecular weight excluding hydrogens is 338 g/mol. The van der Waals surface area contributed by atoms with Crippen LogP contribution in [0.4, 0.5) is 4.79 Å². The maximum Gasteiger partial charge on any atom is 0.409 e. The Morgan fingerprint density at radius 3 is 2.42 bits per heavy atom. The third-order valence-corrected chi connectivity index (χ3v) is 5.01. The Balaban J connectivity index is 1.76. The topological polar surface area (TPSA) is 97.0 Å². The lowest BCUT2D eigenvalue weighted by atomic mass is 9.90. The molecule has 2 saturated heterocycles. The average Bonchev–Trinajstić information content (AvgIpc) is 3.13. The summed E-state index contributed by atoms with van der Waals surface area (Å²) in [6.07, 6.45) is 2.98. The normalized spacial score (nSPS) is 21.3. The lowest BCUT2D eigenvalue weighted by Crippen LogP contribution is -2.53. The molecule has 2 heterocycles. The van der Waals surface area contributed by atoms with Gasteiger partial charge in [0.2, 0.25) is 11.8 Å². The maximum absolute atomic E-state index is 12.6. The Morgan fingerprint density at radius 1 is 1.15 bits per heavy atom. The lowest BCUT2D eigenvalue weighted by molar-refractivity contribution is -0.142. The summed E-state index contributed by atoms with van der Waals surface area (Å²) < 4.78 is 10.5. The van der Waals surface area contributed by atoms with Crippen molar-refractivity contribution in [1.29, 1.82) is 0 Å². The first-order valence-electron chi connectivity index (χ1n) is 9.47. The third-order valence-electron chi connectivity index (χ3n) is 5.01. The number of carbonyl (C=O) groups is 3. The van der Waals surface area contributed by atoms with Crippen LogP contribution in [-0.4, -0.2) is 67.8 Å². The van der Waals surface area contributed by atoms with Crippen molar-refractivity contribution in [3.8, 4) is 0 Å². The second-order valence-corrected chi connectivity index (χ2v) is 7.40. The van der Waals surface area contributed by atoms with Gasteiger partial charge in [0.25, 0.3) is 0 Å². The van der Waals surface area contributed by atoms with Gasteiger partial charge in [-0.05, 0) is 46.5 Å². The number of nitrogens with zero attached hydrogens (tertiary/aromatic N) is 1. The SMILES string of the molecule is CCOC(=O)N1CCC(NC(=O)C(C)(C)C(=O)NCC2CCCO2)CC1. The van der Waals surface area contributed by atoms with E-state index in [0.717, 1.165) is 19.4 Å². The molecule has 0 aromatic rings. The van der Waals surface area contributed by atoms with Gasteiger partial charge in [0.05, 0.1) is 12.7 Å². The standard InChI is InChI=1S/C18H31N3O5/c1-4-25-17(24)21-9-7-13(8-10-21)20-16(23)18(2,3)15(22)19-12-14-6-5-11-26-14/h13-14H,4-12H2,1-3H3,(H,19,22)(H,20,23). The molecule has 2 N–H and O–H groups in total. The van der Waals surface area contributed by atoms with E-state index < -0.39 is 5.41 Å². The van der Waals surface area contributed by atoms with Crippen LogP contribution in [0.3, 0.4) is 0 Å². The van der Waals surface area contributed by atoms with Crippen molar-refractivity contribution >= 4 is 17.9 Å². The lowest BCUT2D eigenvalue weighted by Gasteiger charge is -2.33. The molecule has 0 aromatic carbocycles. The van der Waals surface area contributed by atoms with Gasteiger partial charge in [0.1, 0.15) is 5.41 Å². The number of hydrogen-bond donors (Lipinski definition) is 2. The maximum atomic E-state index is 12.6. The van der Waals surface area contributed by atoms with Gasteiger partial charge in [0.15, 0.2) is 0 Å². The number of likely N-dealkylation sites (tertiary alicyclic amines) is 1. The molecule has 0 spiro atoms. The molecular formula is C18H31N3O5. The van der Waals surface area contributed by atoms with Crippen LogP contribution in [-0.2, 0) is 19.1 Å². The first kappa shape index (κ1) is 20.5. The number of amides is 3. The zero-order valence-electron chi connectivity index (χ0n) is 16.0. The van der Waals surface area contributed by atoms with E-state index in [1.165, 1.54) is 0 Å². The predicted octanol–water partition coefficient (Wildman–Crippen LogP) is 1.04. The Morgan fingerprint density at radius 2 is 1.85 bits per heavy atom. The monoisotopic (exact) mass is 369 g/mol. The quantitative estimate of drug-likeness (QED) is 0.682. The smallest absolute Gasteiger partial charge is 0.409 e. The molecule has 26 heavy (non-hydrogen) atoms. The summed E-state index contributed by atoms with van der Waals surface area (Å²) in [5.74, 6) is -0.591. The Hall–Kier alpha value is -1.83. The first-order chi connectivity index (χ1) is 12.3. The highest BCUT2D eigenvalue weighted by Crippen LogP contribution is 2.19. The molecule has 8 heteroatoms. The van der Waals surface area contributed by atoms with E-state index in [1.54, 1.807) is 25.7 Å². The molecule has 0 bridgehead atoms. The molecule has 0 saturated carbocycles. The van der Waals surface area contributed by atoms with Gasteiger partial charge in [-0.25, -0.2) is 4.79 Å². The zero-order chi connectivity index (χ0) is 19.2. The van der Waals surface area contributed by atoms with Gasteiger partial charge in [0, 0.05) is 32.3 Å². The van der Waals surface area contributed by atoms with Crippen LogP contribution >= 0.6 is 0 Å². The fourth-order valence-electron chi connectivity index (χ4n) is 3.12. The van der Waals surface area contributed by atoms with Crippen molar-refractivity contribution in [2.24, 2.45) is 5.41 Å². The summed E-state index contributed by atoms with van der Waals surface area (Å²) in [7, 11) is 0. The second kappa shape index (κ2) is 9.21. The number of hydrogen-bond acceptors (Lipinski definition) is 5. The Kier molecular flexibility index (Phi) is 7.25. The van der Waals surface area contributed by atoms with E-state index in [-0.39, 0.29) is 30.1 Å². The van der Waals surface area contributed by atoms with Crippen molar-refractivity contribution in [2.45, 2.75) is 58.6 Å². The van der Waals surface area contributed by atoms with E-state index in [1.807, 2.05) is 0 Å². The fraction of sp³-hybridized carbons (Fsp3) is 0.833. The molecule has 1 atom stereocenters. The molecule has 8 nitrogen and oxygen atoms in total. The second-order valence-electron chi connectivity index (χ2n) is 7.40. The van der Waals surface area contributed by atoms with Crippen molar-refractivity contribution in [3.05, 3.63) is 0 Å². The third kappa shape index (κ3) is 5.33. The number of carbonyl (C=O) groups excluding carboxylic acids is 3. The van der Waals surface area contributed by atoms with Gasteiger partial charge in [-0.2, -0.15) is 0 Å². The number of ether oxygens (including phenoxy) is 2. The van der Waals surface area contributed by atoms with Gasteiger partial charge < -0.3 is 25.0 Å². The van der Waals surface area contributed by atoms with Crippen molar-refractivity contribution in [1.82, 2.24) is 15.5 Å². The number of piperidine rings is 1. The highest BCUT2D eigenvalue weighted by atomic mass is 16.6. The van der Waals surface area contributed by atoms with E-state index in [9.17, 15) is 14.4 Å². The minimum atomic E-state index is -1.16. The first-order valence-corrected chi connectivity index (χ1v) is 9.47. The van der Waals surface area contributed by atoms with E-state index in [4.69, 9.17) is 9.47 Å².